The highest BCUT2D eigenvalue weighted by atomic mass is 32.2. The molecule has 1 heterocycles. The second-order valence-electron chi connectivity index (χ2n) is 6.23. The number of benzene rings is 2. The van der Waals surface area contributed by atoms with Crippen LogP contribution in [0.1, 0.15) is 22.3 Å². The Balaban J connectivity index is 1.69. The molecule has 3 aromatic rings. The predicted octanol–water partition coefficient (Wildman–Crippen LogP) is 3.63. The molecule has 0 atom stereocenters. The number of aromatic nitrogens is 4. The third kappa shape index (κ3) is 3.94. The van der Waals surface area contributed by atoms with E-state index >= 15 is 0 Å². The first-order valence-corrected chi connectivity index (χ1v) is 9.29. The molecule has 2 aromatic carbocycles. The van der Waals surface area contributed by atoms with Gasteiger partial charge in [-0.1, -0.05) is 30.0 Å². The van der Waals surface area contributed by atoms with Crippen molar-refractivity contribution >= 4 is 23.4 Å². The van der Waals surface area contributed by atoms with Crippen molar-refractivity contribution in [3.05, 3.63) is 58.7 Å². The summed E-state index contributed by atoms with van der Waals surface area (Å²) >= 11 is 1.31. The average Bonchev–Trinajstić information content (AvgIpc) is 3.08. The number of anilines is 1. The number of carbonyl (C=O) groups excluding carboxylic acids is 1. The Kier molecular flexibility index (Phi) is 5.37. The maximum absolute atomic E-state index is 12.3. The summed E-state index contributed by atoms with van der Waals surface area (Å²) in [5, 5.41) is 15.4. The lowest BCUT2D eigenvalue weighted by atomic mass is 10.1. The van der Waals surface area contributed by atoms with Crippen LogP contribution in [-0.4, -0.2) is 31.9 Å². The lowest BCUT2D eigenvalue weighted by Crippen LogP contribution is -2.15. The highest BCUT2D eigenvalue weighted by Crippen LogP contribution is 2.22. The summed E-state index contributed by atoms with van der Waals surface area (Å²) in [6.45, 7) is 8.13. The SMILES string of the molecule is Cc1ccc(-n2nnnc2SCC(=O)Nc2cccc(C)c2C)cc1C. The molecule has 26 heavy (non-hydrogen) atoms. The van der Waals surface area contributed by atoms with E-state index in [0.717, 1.165) is 22.5 Å². The fourth-order valence-electron chi connectivity index (χ4n) is 2.49. The van der Waals surface area contributed by atoms with Crippen molar-refractivity contribution < 1.29 is 4.79 Å². The van der Waals surface area contributed by atoms with Crippen molar-refractivity contribution in [1.29, 1.82) is 0 Å². The minimum Gasteiger partial charge on any atom is -0.325 e. The van der Waals surface area contributed by atoms with Gasteiger partial charge in [-0.15, -0.1) is 5.10 Å². The monoisotopic (exact) mass is 367 g/mol. The van der Waals surface area contributed by atoms with Crippen LogP contribution in [0.25, 0.3) is 5.69 Å². The zero-order valence-corrected chi connectivity index (χ0v) is 16.1. The minimum absolute atomic E-state index is 0.0849. The molecule has 1 amide bonds. The third-order valence-corrected chi connectivity index (χ3v) is 5.31. The molecule has 0 aliphatic carbocycles. The van der Waals surface area contributed by atoms with Gasteiger partial charge in [0.2, 0.25) is 11.1 Å². The molecule has 0 aliphatic heterocycles. The van der Waals surface area contributed by atoms with E-state index in [0.29, 0.717) is 5.16 Å². The Bertz CT molecular complexity index is 951. The molecule has 7 heteroatoms. The quantitative estimate of drug-likeness (QED) is 0.697. The number of carbonyl (C=O) groups is 1. The van der Waals surface area contributed by atoms with Crippen molar-refractivity contribution in [2.75, 3.05) is 11.1 Å². The van der Waals surface area contributed by atoms with Crippen molar-refractivity contribution in [3.63, 3.8) is 0 Å². The molecular weight excluding hydrogens is 346 g/mol. The van der Waals surface area contributed by atoms with Gasteiger partial charge in [0.25, 0.3) is 0 Å². The Labute approximate surface area is 157 Å². The fourth-order valence-corrected chi connectivity index (χ4v) is 3.18. The standard InChI is InChI=1S/C19H21N5OS/c1-12-8-9-16(10-14(12)3)24-19(21-22-23-24)26-11-18(25)20-17-7-5-6-13(2)15(17)4/h5-10H,11H2,1-4H3,(H,20,25). The van der Waals surface area contributed by atoms with Crippen LogP contribution in [0.5, 0.6) is 0 Å². The lowest BCUT2D eigenvalue weighted by Gasteiger charge is -2.10. The molecule has 1 N–H and O–H groups in total. The smallest absolute Gasteiger partial charge is 0.234 e. The third-order valence-electron chi connectivity index (χ3n) is 4.39. The summed E-state index contributed by atoms with van der Waals surface area (Å²) in [7, 11) is 0. The topological polar surface area (TPSA) is 72.7 Å². The van der Waals surface area contributed by atoms with Crippen LogP contribution in [0.2, 0.25) is 0 Å². The highest BCUT2D eigenvalue weighted by Gasteiger charge is 2.13. The van der Waals surface area contributed by atoms with Crippen LogP contribution in [0, 0.1) is 27.7 Å². The van der Waals surface area contributed by atoms with Gasteiger partial charge in [0.1, 0.15) is 0 Å². The van der Waals surface area contributed by atoms with Gasteiger partial charge in [0, 0.05) is 5.69 Å². The molecule has 3 rings (SSSR count). The first-order valence-electron chi connectivity index (χ1n) is 8.30. The van der Waals surface area contributed by atoms with Crippen LogP contribution < -0.4 is 5.32 Å². The fraction of sp³-hybridized carbons (Fsp3) is 0.263. The predicted molar refractivity (Wildman–Crippen MR) is 104 cm³/mol. The Hall–Kier alpha value is -2.67. The molecule has 0 saturated heterocycles. The Morgan fingerprint density at radius 2 is 1.88 bits per heavy atom. The maximum Gasteiger partial charge on any atom is 0.234 e. The molecule has 1 aromatic heterocycles. The molecule has 0 unspecified atom stereocenters. The number of tetrazole rings is 1. The lowest BCUT2D eigenvalue weighted by molar-refractivity contribution is -0.113. The van der Waals surface area contributed by atoms with Gasteiger partial charge in [-0.2, -0.15) is 4.68 Å². The van der Waals surface area contributed by atoms with Gasteiger partial charge in [0.15, 0.2) is 0 Å². The second kappa shape index (κ2) is 7.70. The number of hydrogen-bond acceptors (Lipinski definition) is 5. The van der Waals surface area contributed by atoms with Gasteiger partial charge in [-0.05, 0) is 78.6 Å². The zero-order chi connectivity index (χ0) is 18.7. The molecule has 0 aliphatic rings. The molecule has 0 spiro atoms. The normalized spacial score (nSPS) is 10.8. The van der Waals surface area contributed by atoms with Crippen molar-refractivity contribution in [2.45, 2.75) is 32.9 Å². The summed E-state index contributed by atoms with van der Waals surface area (Å²) in [5.41, 5.74) is 6.32. The van der Waals surface area contributed by atoms with E-state index < -0.39 is 0 Å². The highest BCUT2D eigenvalue weighted by molar-refractivity contribution is 7.99. The van der Waals surface area contributed by atoms with Crippen molar-refractivity contribution in [2.24, 2.45) is 0 Å². The van der Waals surface area contributed by atoms with Crippen LogP contribution in [0.4, 0.5) is 5.69 Å². The number of thioether (sulfide) groups is 1. The molecule has 0 radical (unpaired) electrons. The first kappa shape index (κ1) is 18.1. The van der Waals surface area contributed by atoms with E-state index in [1.807, 2.05) is 57.2 Å². The average molecular weight is 367 g/mol. The number of nitrogens with zero attached hydrogens (tertiary/aromatic N) is 4. The van der Waals surface area contributed by atoms with Crippen LogP contribution in [0.3, 0.4) is 0 Å². The Morgan fingerprint density at radius 3 is 2.65 bits per heavy atom. The van der Waals surface area contributed by atoms with E-state index in [1.165, 1.54) is 22.9 Å². The zero-order valence-electron chi connectivity index (χ0n) is 15.3. The number of hydrogen-bond donors (Lipinski definition) is 1. The minimum atomic E-state index is -0.0849. The number of rotatable bonds is 5. The number of nitrogens with one attached hydrogen (secondary N) is 1. The van der Waals surface area contributed by atoms with E-state index in [2.05, 4.69) is 27.8 Å². The van der Waals surface area contributed by atoms with Gasteiger partial charge in [0.05, 0.1) is 11.4 Å². The molecule has 6 nitrogen and oxygen atoms in total. The van der Waals surface area contributed by atoms with Gasteiger partial charge < -0.3 is 5.32 Å². The molecule has 0 fully saturated rings. The summed E-state index contributed by atoms with van der Waals surface area (Å²) < 4.78 is 1.66. The van der Waals surface area contributed by atoms with Crippen LogP contribution in [0.15, 0.2) is 41.6 Å². The molecule has 0 saturated carbocycles. The van der Waals surface area contributed by atoms with E-state index in [4.69, 9.17) is 0 Å². The maximum atomic E-state index is 12.3. The molecular formula is C19H21N5OS. The summed E-state index contributed by atoms with van der Waals surface area (Å²) in [6.07, 6.45) is 0. The van der Waals surface area contributed by atoms with Crippen LogP contribution >= 0.6 is 11.8 Å². The second-order valence-corrected chi connectivity index (χ2v) is 7.17. The molecule has 134 valence electrons. The van der Waals surface area contributed by atoms with E-state index in [-0.39, 0.29) is 11.7 Å². The van der Waals surface area contributed by atoms with Crippen LogP contribution in [-0.2, 0) is 4.79 Å². The van der Waals surface area contributed by atoms with Gasteiger partial charge in [-0.3, -0.25) is 4.79 Å². The van der Waals surface area contributed by atoms with E-state index in [9.17, 15) is 4.79 Å². The molecule has 0 bridgehead atoms. The number of amides is 1. The summed E-state index contributed by atoms with van der Waals surface area (Å²) in [5.74, 6) is 0.150. The van der Waals surface area contributed by atoms with Gasteiger partial charge >= 0.3 is 0 Å². The summed E-state index contributed by atoms with van der Waals surface area (Å²) in [4.78, 5) is 12.3. The van der Waals surface area contributed by atoms with Gasteiger partial charge in [-0.25, -0.2) is 0 Å². The summed E-state index contributed by atoms with van der Waals surface area (Å²) in [6, 6.07) is 11.9. The van der Waals surface area contributed by atoms with E-state index in [1.54, 1.807) is 4.68 Å². The van der Waals surface area contributed by atoms with Crippen molar-refractivity contribution in [1.82, 2.24) is 20.2 Å². The largest absolute Gasteiger partial charge is 0.325 e. The van der Waals surface area contributed by atoms with Crippen molar-refractivity contribution in [3.8, 4) is 5.69 Å². The first-order chi connectivity index (χ1) is 12.5. The Morgan fingerprint density at radius 1 is 1.08 bits per heavy atom. The number of aryl methyl sites for hydroxylation is 3.